The molecule has 4 aliphatic rings. The molecule has 2 bridgehead atoms. The van der Waals surface area contributed by atoms with Gasteiger partial charge >= 0.3 is 5.97 Å². The van der Waals surface area contributed by atoms with E-state index in [1.807, 2.05) is 12.1 Å². The summed E-state index contributed by atoms with van der Waals surface area (Å²) in [5, 5.41) is 0. The molecule has 1 aromatic carbocycles. The topological polar surface area (TPSA) is 56.5 Å². The zero-order valence-corrected chi connectivity index (χ0v) is 14.6. The number of ether oxygens (including phenoxy) is 1. The van der Waals surface area contributed by atoms with E-state index < -0.39 is 0 Å². The molecule has 0 spiro atoms. The van der Waals surface area contributed by atoms with Crippen molar-refractivity contribution in [3.05, 3.63) is 36.2 Å². The lowest BCUT2D eigenvalue weighted by Crippen LogP contribution is -2.21. The summed E-state index contributed by atoms with van der Waals surface area (Å²) in [7, 11) is 0. The average Bonchev–Trinajstić information content (AvgIpc) is 3.36. The van der Waals surface area contributed by atoms with Gasteiger partial charge in [-0.05, 0) is 49.3 Å². The lowest BCUT2D eigenvalue weighted by atomic mass is 9.85. The van der Waals surface area contributed by atoms with Gasteiger partial charge in [-0.3, -0.25) is 4.79 Å². The largest absolute Gasteiger partial charge is 0.411 e. The van der Waals surface area contributed by atoms with Crippen molar-refractivity contribution in [2.75, 3.05) is 0 Å². The molecule has 3 heterocycles. The Morgan fingerprint density at radius 2 is 2.00 bits per heavy atom. The Labute approximate surface area is 151 Å². The molecule has 5 heteroatoms. The number of aliphatic imine (C=N–C) groups is 1. The minimum Gasteiger partial charge on any atom is -0.411 e. The highest BCUT2D eigenvalue weighted by Gasteiger charge is 2.56. The first-order valence-corrected chi connectivity index (χ1v) is 9.76. The fourth-order valence-corrected chi connectivity index (χ4v) is 5.35. The van der Waals surface area contributed by atoms with Crippen LogP contribution >= 0.6 is 0 Å². The summed E-state index contributed by atoms with van der Waals surface area (Å²) in [4.78, 5) is 21.8. The molecule has 1 aromatic heterocycles. The Morgan fingerprint density at radius 1 is 1.12 bits per heavy atom. The Hall–Kier alpha value is -2.43. The van der Waals surface area contributed by atoms with E-state index in [4.69, 9.17) is 14.7 Å². The van der Waals surface area contributed by atoms with E-state index in [0.717, 1.165) is 30.6 Å². The smallest absolute Gasteiger partial charge is 0.316 e. The van der Waals surface area contributed by atoms with Crippen molar-refractivity contribution in [3.63, 3.8) is 0 Å². The number of cyclic esters (lactones) is 1. The van der Waals surface area contributed by atoms with Gasteiger partial charge in [0, 0.05) is 13.0 Å². The SMILES string of the molecule is O=C1OC(=Nc2ccc3c(c2)nc2n3CCCCC2)C2C3C=CC(C3)C12. The van der Waals surface area contributed by atoms with Crippen molar-refractivity contribution in [1.29, 1.82) is 0 Å². The number of carbonyl (C=O) groups is 1. The number of aryl methyl sites for hydroxylation is 2. The monoisotopic (exact) mass is 347 g/mol. The quantitative estimate of drug-likeness (QED) is 0.582. The summed E-state index contributed by atoms with van der Waals surface area (Å²) in [6.45, 7) is 1.05. The van der Waals surface area contributed by atoms with E-state index in [1.54, 1.807) is 0 Å². The lowest BCUT2D eigenvalue weighted by molar-refractivity contribution is -0.137. The Morgan fingerprint density at radius 3 is 2.92 bits per heavy atom. The summed E-state index contributed by atoms with van der Waals surface area (Å²) >= 11 is 0. The molecule has 0 radical (unpaired) electrons. The van der Waals surface area contributed by atoms with Crippen LogP contribution in [0.5, 0.6) is 0 Å². The number of benzene rings is 1. The first-order chi connectivity index (χ1) is 12.8. The maximum Gasteiger partial charge on any atom is 0.316 e. The van der Waals surface area contributed by atoms with Crippen LogP contribution < -0.4 is 0 Å². The van der Waals surface area contributed by atoms with Gasteiger partial charge in [-0.2, -0.15) is 0 Å². The van der Waals surface area contributed by atoms with Crippen LogP contribution in [0.2, 0.25) is 0 Å². The molecule has 5 nitrogen and oxygen atoms in total. The fraction of sp³-hybridized carbons (Fsp3) is 0.476. The van der Waals surface area contributed by atoms with Gasteiger partial charge in [0.25, 0.3) is 0 Å². The van der Waals surface area contributed by atoms with Crippen LogP contribution in [0.3, 0.4) is 0 Å². The number of aromatic nitrogens is 2. The minimum absolute atomic E-state index is 0.0175. The van der Waals surface area contributed by atoms with Crippen LogP contribution in [0, 0.1) is 23.7 Å². The van der Waals surface area contributed by atoms with Gasteiger partial charge in [0.2, 0.25) is 5.90 Å². The van der Waals surface area contributed by atoms with Crippen molar-refractivity contribution in [1.82, 2.24) is 9.55 Å². The van der Waals surface area contributed by atoms with Gasteiger partial charge in [-0.1, -0.05) is 18.6 Å². The third kappa shape index (κ3) is 2.00. The van der Waals surface area contributed by atoms with Gasteiger partial charge in [0.1, 0.15) is 5.82 Å². The molecule has 6 rings (SSSR count). The molecule has 4 unspecified atom stereocenters. The number of hydrogen-bond donors (Lipinski definition) is 0. The second-order valence-corrected chi connectivity index (χ2v) is 8.03. The highest BCUT2D eigenvalue weighted by Crippen LogP contribution is 2.52. The standard InChI is InChI=1S/C21H21N3O2/c25-21-19-13-6-5-12(10-13)18(19)20(26-21)22-14-7-8-16-15(11-14)23-17-4-2-1-3-9-24(16)17/h5-8,11-13,18-19H,1-4,9-10H2. The zero-order chi connectivity index (χ0) is 17.3. The van der Waals surface area contributed by atoms with E-state index in [-0.39, 0.29) is 17.8 Å². The molecule has 4 atom stereocenters. The normalized spacial score (nSPS) is 33.5. The third-order valence-corrected chi connectivity index (χ3v) is 6.55. The van der Waals surface area contributed by atoms with Gasteiger partial charge in [0.15, 0.2) is 0 Å². The second-order valence-electron chi connectivity index (χ2n) is 8.03. The van der Waals surface area contributed by atoms with Crippen molar-refractivity contribution >= 4 is 28.6 Å². The summed E-state index contributed by atoms with van der Waals surface area (Å²) in [5.74, 6) is 2.56. The Kier molecular flexibility index (Phi) is 2.99. The molecule has 26 heavy (non-hydrogen) atoms. The molecule has 0 amide bonds. The van der Waals surface area contributed by atoms with Crippen molar-refractivity contribution in [3.8, 4) is 0 Å². The van der Waals surface area contributed by atoms with Crippen LogP contribution in [-0.4, -0.2) is 21.4 Å². The maximum atomic E-state index is 12.3. The second kappa shape index (κ2) is 5.29. The van der Waals surface area contributed by atoms with Crippen LogP contribution in [0.1, 0.15) is 31.5 Å². The van der Waals surface area contributed by atoms with Crippen molar-refractivity contribution in [2.24, 2.45) is 28.7 Å². The molecule has 1 saturated carbocycles. The number of imidazole rings is 1. The van der Waals surface area contributed by atoms with E-state index in [2.05, 4.69) is 22.8 Å². The van der Waals surface area contributed by atoms with E-state index in [0.29, 0.717) is 17.7 Å². The Balaban J connectivity index is 1.39. The summed E-state index contributed by atoms with van der Waals surface area (Å²) < 4.78 is 7.92. The highest BCUT2D eigenvalue weighted by molar-refractivity contribution is 6.02. The molecule has 132 valence electrons. The molecular formula is C21H21N3O2. The number of carbonyl (C=O) groups excluding carboxylic acids is 1. The molecule has 2 aliphatic carbocycles. The lowest BCUT2D eigenvalue weighted by Gasteiger charge is -2.14. The van der Waals surface area contributed by atoms with Gasteiger partial charge in [0.05, 0.1) is 28.6 Å². The van der Waals surface area contributed by atoms with Crippen LogP contribution in [-0.2, 0) is 22.5 Å². The number of rotatable bonds is 1. The first-order valence-electron chi connectivity index (χ1n) is 9.76. The van der Waals surface area contributed by atoms with Crippen molar-refractivity contribution in [2.45, 2.75) is 38.6 Å². The number of hydrogen-bond acceptors (Lipinski definition) is 4. The molecule has 1 saturated heterocycles. The predicted molar refractivity (Wildman–Crippen MR) is 98.2 cm³/mol. The van der Waals surface area contributed by atoms with Gasteiger partial charge in [-0.25, -0.2) is 9.98 Å². The van der Waals surface area contributed by atoms with Crippen LogP contribution in [0.4, 0.5) is 5.69 Å². The number of nitrogens with zero attached hydrogens (tertiary/aromatic N) is 3. The summed E-state index contributed by atoms with van der Waals surface area (Å²) in [6, 6.07) is 6.18. The average molecular weight is 347 g/mol. The third-order valence-electron chi connectivity index (χ3n) is 6.55. The van der Waals surface area contributed by atoms with Crippen LogP contribution in [0.25, 0.3) is 11.0 Å². The molecule has 0 N–H and O–H groups in total. The fourth-order valence-electron chi connectivity index (χ4n) is 5.35. The molecule has 2 aliphatic heterocycles. The summed E-state index contributed by atoms with van der Waals surface area (Å²) in [6.07, 6.45) is 10.2. The van der Waals surface area contributed by atoms with Crippen molar-refractivity contribution < 1.29 is 9.53 Å². The van der Waals surface area contributed by atoms with E-state index >= 15 is 0 Å². The number of fused-ring (bicyclic) bond motifs is 8. The maximum absolute atomic E-state index is 12.3. The molecular weight excluding hydrogens is 326 g/mol. The Bertz CT molecular complexity index is 987. The molecule has 2 fully saturated rings. The highest BCUT2D eigenvalue weighted by atomic mass is 16.6. The van der Waals surface area contributed by atoms with Gasteiger partial charge in [-0.15, -0.1) is 0 Å². The van der Waals surface area contributed by atoms with Gasteiger partial charge < -0.3 is 9.30 Å². The van der Waals surface area contributed by atoms with Crippen LogP contribution in [0.15, 0.2) is 35.3 Å². The van der Waals surface area contributed by atoms with E-state index in [1.165, 1.54) is 30.6 Å². The summed E-state index contributed by atoms with van der Waals surface area (Å²) in [5.41, 5.74) is 3.02. The van der Waals surface area contributed by atoms with E-state index in [9.17, 15) is 4.79 Å². The number of allylic oxidation sites excluding steroid dienone is 2. The minimum atomic E-state index is -0.0969. The predicted octanol–water partition coefficient (Wildman–Crippen LogP) is 3.79. The first kappa shape index (κ1) is 14.7. The number of esters is 1. The zero-order valence-electron chi connectivity index (χ0n) is 14.6. The molecule has 2 aromatic rings.